The van der Waals surface area contributed by atoms with Crippen molar-refractivity contribution < 1.29 is 14.6 Å². The molecule has 0 aromatic heterocycles. The van der Waals surface area contributed by atoms with Gasteiger partial charge in [-0.25, -0.2) is 4.39 Å². The summed E-state index contributed by atoms with van der Waals surface area (Å²) in [5.74, 6) is -0.0189. The van der Waals surface area contributed by atoms with E-state index in [4.69, 9.17) is 0 Å². The average Bonchev–Trinajstić information content (AvgIpc) is 2.57. The summed E-state index contributed by atoms with van der Waals surface area (Å²) in [6.07, 6.45) is 2.45. The lowest BCUT2D eigenvalue weighted by atomic mass is 9.99. The number of β-amino-alcohol motifs (C(OH)–C–C–N with tert-alkyl or cyclic N) is 1. The van der Waals surface area contributed by atoms with Gasteiger partial charge >= 0.3 is 0 Å². The number of aliphatic hydroxyl groups excluding tert-OH is 1. The van der Waals surface area contributed by atoms with Gasteiger partial charge in [-0.05, 0) is 47.4 Å². The van der Waals surface area contributed by atoms with E-state index in [-0.39, 0.29) is 11.6 Å². The summed E-state index contributed by atoms with van der Waals surface area (Å²) in [6, 6.07) is 13.2. The summed E-state index contributed by atoms with van der Waals surface area (Å²) in [5, 5.41) is 19.6. The van der Waals surface area contributed by atoms with Crippen LogP contribution in [0.1, 0.15) is 23.7 Å². The molecule has 23 heavy (non-hydrogen) atoms. The van der Waals surface area contributed by atoms with E-state index in [2.05, 4.69) is 11.0 Å². The Hall–Kier alpha value is -2.17. The molecule has 0 aliphatic carbocycles. The first-order valence-electron chi connectivity index (χ1n) is 7.76. The van der Waals surface area contributed by atoms with Crippen LogP contribution in [-0.4, -0.2) is 34.7 Å². The number of aromatic hydroxyl groups is 1. The van der Waals surface area contributed by atoms with Gasteiger partial charge in [-0.2, -0.15) is 0 Å². The molecule has 2 aromatic rings. The number of aliphatic hydroxyl groups is 1. The van der Waals surface area contributed by atoms with E-state index in [0.717, 1.165) is 30.6 Å². The highest BCUT2D eigenvalue weighted by Crippen LogP contribution is 2.25. The van der Waals surface area contributed by atoms with Crippen molar-refractivity contribution in [2.45, 2.75) is 12.5 Å². The van der Waals surface area contributed by atoms with Crippen LogP contribution in [0.3, 0.4) is 0 Å². The summed E-state index contributed by atoms with van der Waals surface area (Å²) >= 11 is 0. The smallest absolute Gasteiger partial charge is 0.123 e. The first-order chi connectivity index (χ1) is 11.1. The lowest BCUT2D eigenvalue weighted by Crippen LogP contribution is -2.32. The third kappa shape index (κ3) is 3.97. The molecule has 0 spiro atoms. The summed E-state index contributed by atoms with van der Waals surface area (Å²) in [7, 11) is 0. The summed E-state index contributed by atoms with van der Waals surface area (Å²) in [6.45, 7) is 2.17. The highest BCUT2D eigenvalue weighted by molar-refractivity contribution is 5.67. The molecule has 1 aliphatic rings. The molecule has 2 N–H and O–H groups in total. The van der Waals surface area contributed by atoms with Crippen LogP contribution in [-0.2, 0) is 0 Å². The second kappa shape index (κ2) is 6.94. The minimum absolute atomic E-state index is 0.272. The number of benzene rings is 2. The van der Waals surface area contributed by atoms with Gasteiger partial charge in [0, 0.05) is 19.6 Å². The van der Waals surface area contributed by atoms with Gasteiger partial charge in [0.15, 0.2) is 0 Å². The standard InChI is InChI=1S/C19H20FNO2/c20-17-5-1-16(2-6-17)19(23)13-21-11-9-15(10-12-21)14-3-7-18(22)8-4-14/h1-9,19,22-23H,10-13H2. The zero-order valence-corrected chi connectivity index (χ0v) is 12.8. The highest BCUT2D eigenvalue weighted by Gasteiger charge is 2.17. The Balaban J connectivity index is 1.60. The topological polar surface area (TPSA) is 43.7 Å². The predicted octanol–water partition coefficient (Wildman–Crippen LogP) is 3.35. The molecule has 3 nitrogen and oxygen atoms in total. The van der Waals surface area contributed by atoms with Gasteiger partial charge in [0.2, 0.25) is 0 Å². The van der Waals surface area contributed by atoms with E-state index >= 15 is 0 Å². The molecule has 3 rings (SSSR count). The third-order valence-electron chi connectivity index (χ3n) is 4.22. The summed E-state index contributed by atoms with van der Waals surface area (Å²) < 4.78 is 12.9. The number of hydrogen-bond donors (Lipinski definition) is 2. The van der Waals surface area contributed by atoms with Crippen LogP contribution < -0.4 is 0 Å². The fraction of sp³-hybridized carbons (Fsp3) is 0.263. The number of rotatable bonds is 4. The Morgan fingerprint density at radius 3 is 2.35 bits per heavy atom. The molecular formula is C19H20FNO2. The van der Waals surface area contributed by atoms with Gasteiger partial charge in [-0.1, -0.05) is 30.3 Å². The maximum atomic E-state index is 12.9. The van der Waals surface area contributed by atoms with Crippen molar-refractivity contribution in [2.24, 2.45) is 0 Å². The monoisotopic (exact) mass is 313 g/mol. The van der Waals surface area contributed by atoms with Crippen molar-refractivity contribution in [1.82, 2.24) is 4.90 Å². The van der Waals surface area contributed by atoms with Crippen molar-refractivity contribution in [3.8, 4) is 5.75 Å². The van der Waals surface area contributed by atoms with Gasteiger partial charge in [0.25, 0.3) is 0 Å². The van der Waals surface area contributed by atoms with Gasteiger partial charge < -0.3 is 10.2 Å². The molecule has 4 heteroatoms. The Kier molecular flexibility index (Phi) is 4.74. The normalized spacial score (nSPS) is 16.9. The van der Waals surface area contributed by atoms with Crippen molar-refractivity contribution in [3.05, 3.63) is 71.6 Å². The minimum atomic E-state index is -0.612. The fourth-order valence-corrected chi connectivity index (χ4v) is 2.85. The quantitative estimate of drug-likeness (QED) is 0.910. The molecule has 0 radical (unpaired) electrons. The van der Waals surface area contributed by atoms with Crippen LogP contribution in [0.5, 0.6) is 5.75 Å². The van der Waals surface area contributed by atoms with E-state index in [1.165, 1.54) is 17.7 Å². The molecule has 1 heterocycles. The largest absolute Gasteiger partial charge is 0.508 e. The van der Waals surface area contributed by atoms with Crippen molar-refractivity contribution in [2.75, 3.05) is 19.6 Å². The summed E-state index contributed by atoms with van der Waals surface area (Å²) in [4.78, 5) is 2.18. The number of halogens is 1. The van der Waals surface area contributed by atoms with Crippen LogP contribution in [0.2, 0.25) is 0 Å². The first kappa shape index (κ1) is 15.7. The van der Waals surface area contributed by atoms with Crippen LogP contribution in [0.15, 0.2) is 54.6 Å². The molecular weight excluding hydrogens is 293 g/mol. The second-order valence-corrected chi connectivity index (χ2v) is 5.85. The number of phenols is 1. The van der Waals surface area contributed by atoms with Gasteiger partial charge in [-0.3, -0.25) is 4.90 Å². The number of hydrogen-bond acceptors (Lipinski definition) is 3. The average molecular weight is 313 g/mol. The second-order valence-electron chi connectivity index (χ2n) is 5.85. The lowest BCUT2D eigenvalue weighted by Gasteiger charge is -2.28. The minimum Gasteiger partial charge on any atom is -0.508 e. The first-order valence-corrected chi connectivity index (χ1v) is 7.76. The molecule has 120 valence electrons. The Morgan fingerprint density at radius 2 is 1.74 bits per heavy atom. The zero-order chi connectivity index (χ0) is 16.2. The maximum absolute atomic E-state index is 12.9. The van der Waals surface area contributed by atoms with Crippen LogP contribution >= 0.6 is 0 Å². The van der Waals surface area contributed by atoms with Crippen molar-refractivity contribution in [3.63, 3.8) is 0 Å². The van der Waals surface area contributed by atoms with Crippen LogP contribution in [0.4, 0.5) is 4.39 Å². The van der Waals surface area contributed by atoms with Crippen molar-refractivity contribution in [1.29, 1.82) is 0 Å². The molecule has 0 saturated heterocycles. The van der Waals surface area contributed by atoms with Crippen LogP contribution in [0.25, 0.3) is 5.57 Å². The summed E-state index contributed by atoms with van der Waals surface area (Å²) in [5.41, 5.74) is 3.12. The molecule has 0 saturated carbocycles. The number of phenolic OH excluding ortho intramolecular Hbond substituents is 1. The van der Waals surface area contributed by atoms with Gasteiger partial charge in [-0.15, -0.1) is 0 Å². The molecule has 0 fully saturated rings. The van der Waals surface area contributed by atoms with Crippen molar-refractivity contribution >= 4 is 5.57 Å². The molecule has 1 atom stereocenters. The van der Waals surface area contributed by atoms with E-state index in [1.54, 1.807) is 24.3 Å². The third-order valence-corrected chi connectivity index (χ3v) is 4.22. The van der Waals surface area contributed by atoms with E-state index in [1.807, 2.05) is 12.1 Å². The van der Waals surface area contributed by atoms with Gasteiger partial charge in [0.1, 0.15) is 11.6 Å². The molecule has 2 aromatic carbocycles. The Labute approximate surface area is 135 Å². The van der Waals surface area contributed by atoms with Gasteiger partial charge in [0.05, 0.1) is 6.10 Å². The fourth-order valence-electron chi connectivity index (χ4n) is 2.85. The maximum Gasteiger partial charge on any atom is 0.123 e. The molecule has 1 unspecified atom stereocenters. The highest BCUT2D eigenvalue weighted by atomic mass is 19.1. The van der Waals surface area contributed by atoms with E-state index < -0.39 is 6.10 Å². The molecule has 1 aliphatic heterocycles. The zero-order valence-electron chi connectivity index (χ0n) is 12.8. The predicted molar refractivity (Wildman–Crippen MR) is 88.5 cm³/mol. The van der Waals surface area contributed by atoms with E-state index in [0.29, 0.717) is 6.54 Å². The Morgan fingerprint density at radius 1 is 1.04 bits per heavy atom. The molecule has 0 amide bonds. The SMILES string of the molecule is Oc1ccc(C2=CCN(CC(O)c3ccc(F)cc3)CC2)cc1. The molecule has 0 bridgehead atoms. The van der Waals surface area contributed by atoms with E-state index in [9.17, 15) is 14.6 Å². The van der Waals surface area contributed by atoms with Crippen LogP contribution in [0, 0.1) is 5.82 Å². The number of nitrogens with zero attached hydrogens (tertiary/aromatic N) is 1. The lowest BCUT2D eigenvalue weighted by molar-refractivity contribution is 0.119. The Bertz CT molecular complexity index is 680.